The van der Waals surface area contributed by atoms with Crippen LogP contribution in [0.3, 0.4) is 0 Å². The maximum absolute atomic E-state index is 13.3. The first-order chi connectivity index (χ1) is 9.58. The molecule has 0 spiro atoms. The van der Waals surface area contributed by atoms with E-state index in [9.17, 15) is 4.39 Å². The number of halogens is 2. The van der Waals surface area contributed by atoms with E-state index in [4.69, 9.17) is 26.8 Å². The van der Waals surface area contributed by atoms with Gasteiger partial charge in [0.2, 0.25) is 0 Å². The summed E-state index contributed by atoms with van der Waals surface area (Å²) >= 11 is 6.20. The van der Waals surface area contributed by atoms with E-state index in [1.54, 1.807) is 24.3 Å². The fourth-order valence-electron chi connectivity index (χ4n) is 2.04. The quantitative estimate of drug-likeness (QED) is 0.938. The minimum Gasteiger partial charge on any atom is -0.495 e. The number of rotatable bonds is 4. The number of nitrogens with two attached hydrogens (primary N) is 1. The molecule has 0 bridgehead atoms. The molecule has 1 unspecified atom stereocenters. The van der Waals surface area contributed by atoms with Crippen molar-refractivity contribution in [2.24, 2.45) is 5.73 Å². The Hall–Kier alpha value is -1.78. The minimum atomic E-state index is -0.538. The number of hydrogen-bond acceptors (Lipinski definition) is 3. The van der Waals surface area contributed by atoms with Crippen molar-refractivity contribution >= 4 is 11.6 Å². The van der Waals surface area contributed by atoms with E-state index < -0.39 is 6.04 Å². The van der Waals surface area contributed by atoms with Crippen LogP contribution in [0.25, 0.3) is 0 Å². The molecule has 0 amide bonds. The lowest BCUT2D eigenvalue weighted by Crippen LogP contribution is -2.13. The number of ether oxygens (including phenoxy) is 2. The Morgan fingerprint density at radius 2 is 1.90 bits per heavy atom. The summed E-state index contributed by atoms with van der Waals surface area (Å²) in [5.74, 6) is 0.595. The Labute approximate surface area is 122 Å². The van der Waals surface area contributed by atoms with Gasteiger partial charge >= 0.3 is 0 Å². The zero-order valence-electron chi connectivity index (χ0n) is 11.2. The maximum Gasteiger partial charge on any atom is 0.146 e. The molecule has 0 saturated heterocycles. The topological polar surface area (TPSA) is 44.5 Å². The highest BCUT2D eigenvalue weighted by atomic mass is 35.5. The minimum absolute atomic E-state index is 0.337. The lowest BCUT2D eigenvalue weighted by molar-refractivity contribution is 0.390. The highest BCUT2D eigenvalue weighted by Crippen LogP contribution is 2.40. The van der Waals surface area contributed by atoms with Gasteiger partial charge in [0.25, 0.3) is 0 Å². The Morgan fingerprint density at radius 3 is 2.50 bits per heavy atom. The van der Waals surface area contributed by atoms with E-state index in [0.717, 1.165) is 0 Å². The van der Waals surface area contributed by atoms with E-state index in [1.165, 1.54) is 26.4 Å². The third-order valence-electron chi connectivity index (χ3n) is 3.06. The molecule has 5 heteroatoms. The maximum atomic E-state index is 13.3. The van der Waals surface area contributed by atoms with Crippen molar-refractivity contribution in [2.45, 2.75) is 6.04 Å². The monoisotopic (exact) mass is 295 g/mol. The van der Waals surface area contributed by atoms with Crippen LogP contribution in [0.4, 0.5) is 4.39 Å². The van der Waals surface area contributed by atoms with Gasteiger partial charge in [0.1, 0.15) is 22.3 Å². The van der Waals surface area contributed by atoms with Crippen molar-refractivity contribution < 1.29 is 13.9 Å². The highest BCUT2D eigenvalue weighted by Gasteiger charge is 2.19. The van der Waals surface area contributed by atoms with Crippen LogP contribution in [0.1, 0.15) is 17.2 Å². The second kappa shape index (κ2) is 6.11. The summed E-state index contributed by atoms with van der Waals surface area (Å²) in [7, 11) is 3.02. The standard InChI is InChI=1S/C15H15ClFNO2/c1-19-12-7-6-11(15(20-2)13(12)16)14(18)9-4-3-5-10(17)8-9/h3-8,14H,18H2,1-2H3. The SMILES string of the molecule is COc1ccc(C(N)c2cccc(F)c2)c(OC)c1Cl. The summed E-state index contributed by atoms with van der Waals surface area (Å²) < 4.78 is 23.7. The molecule has 106 valence electrons. The van der Waals surface area contributed by atoms with E-state index >= 15 is 0 Å². The van der Waals surface area contributed by atoms with Crippen molar-refractivity contribution in [2.75, 3.05) is 14.2 Å². The molecular formula is C15H15ClFNO2. The van der Waals surface area contributed by atoms with Crippen LogP contribution in [0, 0.1) is 5.82 Å². The number of benzene rings is 2. The van der Waals surface area contributed by atoms with Gasteiger partial charge in [-0.3, -0.25) is 0 Å². The molecule has 0 aliphatic heterocycles. The van der Waals surface area contributed by atoms with Crippen LogP contribution >= 0.6 is 11.6 Å². The van der Waals surface area contributed by atoms with Gasteiger partial charge in [-0.1, -0.05) is 23.7 Å². The normalized spacial score (nSPS) is 12.1. The van der Waals surface area contributed by atoms with Crippen molar-refractivity contribution in [3.8, 4) is 11.5 Å². The molecule has 20 heavy (non-hydrogen) atoms. The van der Waals surface area contributed by atoms with Gasteiger partial charge in [-0.25, -0.2) is 4.39 Å². The second-order valence-corrected chi connectivity index (χ2v) is 4.61. The predicted octanol–water partition coefficient (Wildman–Crippen LogP) is 3.54. The van der Waals surface area contributed by atoms with E-state index in [-0.39, 0.29) is 5.82 Å². The molecule has 0 saturated carbocycles. The molecule has 0 heterocycles. The van der Waals surface area contributed by atoms with E-state index in [0.29, 0.717) is 27.6 Å². The summed E-state index contributed by atoms with van der Waals surface area (Å²) in [6.07, 6.45) is 0. The van der Waals surface area contributed by atoms with Crippen LogP contribution in [0.15, 0.2) is 36.4 Å². The predicted molar refractivity (Wildman–Crippen MR) is 77.0 cm³/mol. The van der Waals surface area contributed by atoms with Gasteiger partial charge in [0.05, 0.1) is 20.3 Å². The first-order valence-electron chi connectivity index (χ1n) is 6.00. The van der Waals surface area contributed by atoms with Gasteiger partial charge in [-0.15, -0.1) is 0 Å². The summed E-state index contributed by atoms with van der Waals surface area (Å²) in [5.41, 5.74) is 7.49. The van der Waals surface area contributed by atoms with Gasteiger partial charge in [0, 0.05) is 5.56 Å². The summed E-state index contributed by atoms with van der Waals surface area (Å²) in [6.45, 7) is 0. The average molecular weight is 296 g/mol. The third-order valence-corrected chi connectivity index (χ3v) is 3.42. The zero-order valence-corrected chi connectivity index (χ0v) is 11.9. The average Bonchev–Trinajstić information content (AvgIpc) is 2.46. The largest absolute Gasteiger partial charge is 0.495 e. The molecule has 0 aliphatic rings. The molecule has 0 aliphatic carbocycles. The van der Waals surface area contributed by atoms with Crippen LogP contribution in [0.5, 0.6) is 11.5 Å². The lowest BCUT2D eigenvalue weighted by Gasteiger charge is -2.18. The zero-order chi connectivity index (χ0) is 14.7. The van der Waals surface area contributed by atoms with Crippen LogP contribution in [-0.2, 0) is 0 Å². The molecule has 2 aromatic rings. The molecular weight excluding hydrogens is 281 g/mol. The van der Waals surface area contributed by atoms with Gasteiger partial charge in [0.15, 0.2) is 0 Å². The summed E-state index contributed by atoms with van der Waals surface area (Å²) in [6, 6.07) is 9.06. The van der Waals surface area contributed by atoms with Gasteiger partial charge in [-0.05, 0) is 29.8 Å². The van der Waals surface area contributed by atoms with Crippen molar-refractivity contribution in [3.05, 3.63) is 58.4 Å². The molecule has 2 N–H and O–H groups in total. The van der Waals surface area contributed by atoms with Gasteiger partial charge in [-0.2, -0.15) is 0 Å². The molecule has 1 atom stereocenters. The van der Waals surface area contributed by atoms with Crippen molar-refractivity contribution in [3.63, 3.8) is 0 Å². The highest BCUT2D eigenvalue weighted by molar-refractivity contribution is 6.33. The van der Waals surface area contributed by atoms with Crippen molar-refractivity contribution in [1.29, 1.82) is 0 Å². The Balaban J connectivity index is 2.49. The van der Waals surface area contributed by atoms with Crippen LogP contribution < -0.4 is 15.2 Å². The van der Waals surface area contributed by atoms with E-state index in [1.807, 2.05) is 0 Å². The number of methoxy groups -OCH3 is 2. The molecule has 0 radical (unpaired) electrons. The third kappa shape index (κ3) is 2.71. The molecule has 3 nitrogen and oxygen atoms in total. The van der Waals surface area contributed by atoms with E-state index in [2.05, 4.69) is 0 Å². The second-order valence-electron chi connectivity index (χ2n) is 4.24. The number of hydrogen-bond donors (Lipinski definition) is 1. The first-order valence-corrected chi connectivity index (χ1v) is 6.37. The van der Waals surface area contributed by atoms with Crippen molar-refractivity contribution in [1.82, 2.24) is 0 Å². The molecule has 0 fully saturated rings. The fourth-order valence-corrected chi connectivity index (χ4v) is 2.37. The molecule has 2 aromatic carbocycles. The Morgan fingerprint density at radius 1 is 1.15 bits per heavy atom. The van der Waals surface area contributed by atoms with Crippen LogP contribution in [-0.4, -0.2) is 14.2 Å². The van der Waals surface area contributed by atoms with Gasteiger partial charge < -0.3 is 15.2 Å². The fraction of sp³-hybridized carbons (Fsp3) is 0.200. The Kier molecular flexibility index (Phi) is 4.47. The lowest BCUT2D eigenvalue weighted by atomic mass is 9.98. The van der Waals surface area contributed by atoms with Crippen LogP contribution in [0.2, 0.25) is 5.02 Å². The molecule has 0 aromatic heterocycles. The summed E-state index contributed by atoms with van der Waals surface area (Å²) in [5, 5.41) is 0.347. The first kappa shape index (κ1) is 14.6. The molecule has 2 rings (SSSR count). The Bertz CT molecular complexity index is 619. The summed E-state index contributed by atoms with van der Waals surface area (Å²) in [4.78, 5) is 0. The smallest absolute Gasteiger partial charge is 0.146 e.